The van der Waals surface area contributed by atoms with Crippen molar-refractivity contribution in [3.63, 3.8) is 0 Å². The minimum absolute atomic E-state index is 0.225. The number of aromatic nitrogens is 1. The molecule has 6 nitrogen and oxygen atoms in total. The van der Waals surface area contributed by atoms with Gasteiger partial charge in [-0.1, -0.05) is 6.07 Å². The van der Waals surface area contributed by atoms with Crippen LogP contribution in [0.15, 0.2) is 23.6 Å². The molecule has 1 amide bonds. The highest BCUT2D eigenvalue weighted by atomic mass is 32.1. The molecule has 1 atom stereocenters. The molecule has 1 heterocycles. The lowest BCUT2D eigenvalue weighted by Crippen LogP contribution is -2.15. The van der Waals surface area contributed by atoms with Crippen molar-refractivity contribution in [2.24, 2.45) is 5.73 Å². The van der Waals surface area contributed by atoms with Crippen LogP contribution in [0, 0.1) is 11.3 Å². The predicted molar refractivity (Wildman–Crippen MR) is 80.4 cm³/mol. The molecule has 0 saturated heterocycles. The normalized spacial score (nSPS) is 11.5. The van der Waals surface area contributed by atoms with Gasteiger partial charge in [-0.3, -0.25) is 4.79 Å². The van der Waals surface area contributed by atoms with Crippen LogP contribution in [-0.4, -0.2) is 18.0 Å². The van der Waals surface area contributed by atoms with Crippen molar-refractivity contribution in [2.45, 2.75) is 13.0 Å². The highest BCUT2D eigenvalue weighted by Gasteiger charge is 2.17. The summed E-state index contributed by atoms with van der Waals surface area (Å²) in [5.41, 5.74) is 6.65. The van der Waals surface area contributed by atoms with Crippen molar-refractivity contribution in [3.8, 4) is 11.8 Å². The molecule has 1 unspecified atom stereocenters. The number of benzene rings is 1. The van der Waals surface area contributed by atoms with Crippen LogP contribution in [0.25, 0.3) is 0 Å². The van der Waals surface area contributed by atoms with Gasteiger partial charge in [0.25, 0.3) is 5.91 Å². The molecule has 0 aliphatic heterocycles. The molecule has 2 aromatic rings. The standard InChI is InChI=1S/C14H14N4O2S/c1-8(16)14-17-10(7-21-14)13(19)18-12-9(6-15)4-3-5-11(12)20-2/h3-5,7-8H,16H2,1-2H3,(H,18,19). The number of carbonyl (C=O) groups excluding carboxylic acids is 1. The van der Waals surface area contributed by atoms with Gasteiger partial charge >= 0.3 is 0 Å². The number of ether oxygens (including phenoxy) is 1. The highest BCUT2D eigenvalue weighted by molar-refractivity contribution is 7.09. The molecule has 0 aliphatic rings. The first-order chi connectivity index (χ1) is 10.1. The van der Waals surface area contributed by atoms with Crippen molar-refractivity contribution in [1.82, 2.24) is 4.98 Å². The lowest BCUT2D eigenvalue weighted by Gasteiger charge is -2.10. The molecule has 108 valence electrons. The number of carbonyl (C=O) groups is 1. The SMILES string of the molecule is COc1cccc(C#N)c1NC(=O)c1csc(C(C)N)n1. The molecule has 21 heavy (non-hydrogen) atoms. The number of para-hydroxylation sites is 1. The first-order valence-corrected chi connectivity index (χ1v) is 7.04. The van der Waals surface area contributed by atoms with E-state index >= 15 is 0 Å². The molecule has 3 N–H and O–H groups in total. The smallest absolute Gasteiger partial charge is 0.275 e. The van der Waals surface area contributed by atoms with Crippen LogP contribution in [0.4, 0.5) is 5.69 Å². The summed E-state index contributed by atoms with van der Waals surface area (Å²) in [6.07, 6.45) is 0. The Morgan fingerprint density at radius 2 is 2.33 bits per heavy atom. The molecule has 0 fully saturated rings. The molecule has 7 heteroatoms. The zero-order chi connectivity index (χ0) is 15.4. The quantitative estimate of drug-likeness (QED) is 0.902. The Morgan fingerprint density at radius 1 is 1.57 bits per heavy atom. The predicted octanol–water partition coefficient (Wildman–Crippen LogP) is 2.30. The lowest BCUT2D eigenvalue weighted by molar-refractivity contribution is 0.102. The molecule has 1 aromatic carbocycles. The van der Waals surface area contributed by atoms with E-state index in [4.69, 9.17) is 15.7 Å². The summed E-state index contributed by atoms with van der Waals surface area (Å²) in [5.74, 6) is 0.0178. The number of nitrogens with one attached hydrogen (secondary N) is 1. The largest absolute Gasteiger partial charge is 0.495 e. The minimum Gasteiger partial charge on any atom is -0.495 e. The van der Waals surface area contributed by atoms with Crippen LogP contribution < -0.4 is 15.8 Å². The van der Waals surface area contributed by atoms with Gasteiger partial charge in [-0.25, -0.2) is 4.98 Å². The zero-order valence-corrected chi connectivity index (χ0v) is 12.4. The Bertz CT molecular complexity index is 703. The summed E-state index contributed by atoms with van der Waals surface area (Å²) in [5, 5.41) is 14.1. The van der Waals surface area contributed by atoms with E-state index in [9.17, 15) is 4.79 Å². The molecule has 0 spiro atoms. The van der Waals surface area contributed by atoms with Gasteiger partial charge in [0, 0.05) is 5.38 Å². The topological polar surface area (TPSA) is 101 Å². The van der Waals surface area contributed by atoms with E-state index in [1.807, 2.05) is 6.07 Å². The van der Waals surface area contributed by atoms with Crippen molar-refractivity contribution in [2.75, 3.05) is 12.4 Å². The van der Waals surface area contributed by atoms with E-state index in [-0.39, 0.29) is 11.7 Å². The summed E-state index contributed by atoms with van der Waals surface area (Å²) in [6.45, 7) is 1.80. The van der Waals surface area contributed by atoms with E-state index in [0.29, 0.717) is 22.0 Å². The van der Waals surface area contributed by atoms with Crippen molar-refractivity contribution in [1.29, 1.82) is 5.26 Å². The molecular formula is C14H14N4O2S. The lowest BCUT2D eigenvalue weighted by atomic mass is 10.1. The maximum Gasteiger partial charge on any atom is 0.275 e. The van der Waals surface area contributed by atoms with Crippen molar-refractivity contribution >= 4 is 22.9 Å². The Hall–Kier alpha value is -2.43. The third kappa shape index (κ3) is 3.18. The number of amides is 1. The number of thiazole rings is 1. The average Bonchev–Trinajstić information content (AvgIpc) is 2.97. The van der Waals surface area contributed by atoms with Gasteiger partial charge in [0.05, 0.1) is 18.7 Å². The van der Waals surface area contributed by atoms with Gasteiger partial charge in [-0.15, -0.1) is 11.3 Å². The third-order valence-electron chi connectivity index (χ3n) is 2.75. The summed E-state index contributed by atoms with van der Waals surface area (Å²) >= 11 is 1.32. The van der Waals surface area contributed by atoms with E-state index in [2.05, 4.69) is 10.3 Å². The number of anilines is 1. The van der Waals surface area contributed by atoms with E-state index in [1.165, 1.54) is 18.4 Å². The molecule has 0 radical (unpaired) electrons. The number of hydrogen-bond donors (Lipinski definition) is 2. The zero-order valence-electron chi connectivity index (χ0n) is 11.6. The highest BCUT2D eigenvalue weighted by Crippen LogP contribution is 2.28. The minimum atomic E-state index is -0.404. The van der Waals surface area contributed by atoms with Gasteiger partial charge in [-0.2, -0.15) is 5.26 Å². The maximum atomic E-state index is 12.2. The fraction of sp³-hybridized carbons (Fsp3) is 0.214. The molecule has 2 rings (SSSR count). The average molecular weight is 302 g/mol. The summed E-state index contributed by atoms with van der Waals surface area (Å²) in [7, 11) is 1.48. The first-order valence-electron chi connectivity index (χ1n) is 6.16. The van der Waals surface area contributed by atoms with E-state index in [0.717, 1.165) is 0 Å². The second-order valence-electron chi connectivity index (χ2n) is 4.31. The Morgan fingerprint density at radius 3 is 2.90 bits per heavy atom. The van der Waals surface area contributed by atoms with Crippen LogP contribution in [0.3, 0.4) is 0 Å². The van der Waals surface area contributed by atoms with Gasteiger partial charge in [0.2, 0.25) is 0 Å². The van der Waals surface area contributed by atoms with Crippen LogP contribution in [-0.2, 0) is 0 Å². The number of nitriles is 1. The number of hydrogen-bond acceptors (Lipinski definition) is 6. The van der Waals surface area contributed by atoms with Crippen LogP contribution in [0.1, 0.15) is 34.0 Å². The maximum absolute atomic E-state index is 12.2. The van der Waals surface area contributed by atoms with Crippen LogP contribution in [0.2, 0.25) is 0 Å². The van der Waals surface area contributed by atoms with Crippen molar-refractivity contribution < 1.29 is 9.53 Å². The van der Waals surface area contributed by atoms with Gasteiger partial charge in [-0.05, 0) is 19.1 Å². The summed E-state index contributed by atoms with van der Waals surface area (Å²) < 4.78 is 5.16. The molecule has 0 saturated carbocycles. The van der Waals surface area contributed by atoms with Gasteiger partial charge < -0.3 is 15.8 Å². The van der Waals surface area contributed by atoms with Gasteiger partial charge in [0.15, 0.2) is 0 Å². The number of methoxy groups -OCH3 is 1. The first kappa shape index (κ1) is 15.0. The Labute approximate surface area is 126 Å². The molecular weight excluding hydrogens is 288 g/mol. The number of rotatable bonds is 4. The number of nitrogens with two attached hydrogens (primary N) is 1. The second kappa shape index (κ2) is 6.35. The van der Waals surface area contributed by atoms with Gasteiger partial charge in [0.1, 0.15) is 28.2 Å². The Balaban J connectivity index is 2.29. The third-order valence-corrected chi connectivity index (χ3v) is 3.79. The second-order valence-corrected chi connectivity index (χ2v) is 5.20. The van der Waals surface area contributed by atoms with Crippen LogP contribution >= 0.6 is 11.3 Å². The fourth-order valence-electron chi connectivity index (χ4n) is 1.70. The number of nitrogens with zero attached hydrogens (tertiary/aromatic N) is 2. The molecule has 0 aliphatic carbocycles. The molecule has 1 aromatic heterocycles. The summed E-state index contributed by atoms with van der Waals surface area (Å²) in [6, 6.07) is 6.75. The Kier molecular flexibility index (Phi) is 4.52. The monoisotopic (exact) mass is 302 g/mol. The van der Waals surface area contributed by atoms with E-state index < -0.39 is 5.91 Å². The van der Waals surface area contributed by atoms with Crippen molar-refractivity contribution in [3.05, 3.63) is 39.8 Å². The van der Waals surface area contributed by atoms with Crippen LogP contribution in [0.5, 0.6) is 5.75 Å². The van der Waals surface area contributed by atoms with E-state index in [1.54, 1.807) is 30.5 Å². The molecule has 0 bridgehead atoms. The summed E-state index contributed by atoms with van der Waals surface area (Å²) in [4.78, 5) is 16.4. The fourth-order valence-corrected chi connectivity index (χ4v) is 2.46.